The minimum Gasteiger partial charge on any atom is -0.493 e. The average Bonchev–Trinajstić information content (AvgIpc) is 2.56. The smallest absolute Gasteiger partial charge is 0.244 e. The Balaban J connectivity index is 2.93. The number of hydrogen-bond donors (Lipinski definition) is 1. The van der Waals surface area contributed by atoms with E-state index in [0.29, 0.717) is 17.2 Å². The molecular formula is C17H25NO4. The number of amides is 1. The topological polar surface area (TPSA) is 56.8 Å². The van der Waals surface area contributed by atoms with Crippen LogP contribution in [0, 0.1) is 0 Å². The fourth-order valence-electron chi connectivity index (χ4n) is 2.11. The molecule has 0 spiro atoms. The third-order valence-corrected chi connectivity index (χ3v) is 3.45. The fraction of sp³-hybridized carbons (Fsp3) is 0.471. The molecule has 5 heteroatoms. The monoisotopic (exact) mass is 307 g/mol. The van der Waals surface area contributed by atoms with Crippen LogP contribution in [-0.2, 0) is 4.79 Å². The summed E-state index contributed by atoms with van der Waals surface area (Å²) in [5.74, 6) is 1.54. The lowest BCUT2D eigenvalue weighted by Gasteiger charge is -2.13. The zero-order valence-corrected chi connectivity index (χ0v) is 13.9. The first kappa shape index (κ1) is 17.9. The summed E-state index contributed by atoms with van der Waals surface area (Å²) < 4.78 is 15.8. The summed E-state index contributed by atoms with van der Waals surface area (Å²) >= 11 is 0. The maximum atomic E-state index is 11.9. The highest BCUT2D eigenvalue weighted by atomic mass is 16.5. The van der Waals surface area contributed by atoms with Gasteiger partial charge in [0.1, 0.15) is 0 Å². The maximum Gasteiger partial charge on any atom is 0.244 e. The van der Waals surface area contributed by atoms with Crippen LogP contribution in [0.5, 0.6) is 17.2 Å². The molecule has 0 atom stereocenters. The number of benzene rings is 1. The van der Waals surface area contributed by atoms with Crippen LogP contribution in [-0.4, -0.2) is 33.3 Å². The molecule has 1 amide bonds. The number of hydrogen-bond acceptors (Lipinski definition) is 4. The Morgan fingerprint density at radius 2 is 1.64 bits per heavy atom. The number of rotatable bonds is 8. The predicted molar refractivity (Wildman–Crippen MR) is 87.6 cm³/mol. The Labute approximate surface area is 132 Å². The third kappa shape index (κ3) is 4.69. The van der Waals surface area contributed by atoms with E-state index < -0.39 is 0 Å². The molecule has 5 nitrogen and oxygen atoms in total. The first-order valence-corrected chi connectivity index (χ1v) is 7.38. The third-order valence-electron chi connectivity index (χ3n) is 3.45. The molecule has 0 saturated carbocycles. The van der Waals surface area contributed by atoms with Crippen LogP contribution in [0.4, 0.5) is 0 Å². The van der Waals surface area contributed by atoms with E-state index in [0.717, 1.165) is 18.4 Å². The van der Waals surface area contributed by atoms with Crippen molar-refractivity contribution >= 4 is 12.0 Å². The van der Waals surface area contributed by atoms with Gasteiger partial charge in [0.25, 0.3) is 0 Å². The van der Waals surface area contributed by atoms with Gasteiger partial charge in [-0.15, -0.1) is 0 Å². The molecule has 0 saturated heterocycles. The van der Waals surface area contributed by atoms with E-state index >= 15 is 0 Å². The second-order valence-corrected chi connectivity index (χ2v) is 4.81. The van der Waals surface area contributed by atoms with E-state index in [9.17, 15) is 4.79 Å². The summed E-state index contributed by atoms with van der Waals surface area (Å²) in [6.45, 7) is 4.11. The van der Waals surface area contributed by atoms with Crippen molar-refractivity contribution in [2.24, 2.45) is 0 Å². The summed E-state index contributed by atoms with van der Waals surface area (Å²) in [6, 6.07) is 3.79. The zero-order valence-electron chi connectivity index (χ0n) is 13.9. The Kier molecular flexibility index (Phi) is 7.29. The van der Waals surface area contributed by atoms with Gasteiger partial charge in [0.15, 0.2) is 11.5 Å². The van der Waals surface area contributed by atoms with Gasteiger partial charge in [-0.2, -0.15) is 0 Å². The molecule has 1 rings (SSSR count). The summed E-state index contributed by atoms with van der Waals surface area (Å²) in [5.41, 5.74) is 0.800. The lowest BCUT2D eigenvalue weighted by atomic mass is 10.1. The quantitative estimate of drug-likeness (QED) is 0.750. The van der Waals surface area contributed by atoms with Crippen LogP contribution in [0.2, 0.25) is 0 Å². The molecule has 22 heavy (non-hydrogen) atoms. The van der Waals surface area contributed by atoms with Crippen LogP contribution in [0.25, 0.3) is 6.08 Å². The van der Waals surface area contributed by atoms with E-state index in [1.54, 1.807) is 39.5 Å². The van der Waals surface area contributed by atoms with Gasteiger partial charge in [-0.05, 0) is 36.6 Å². The summed E-state index contributed by atoms with van der Waals surface area (Å²) in [6.07, 6.45) is 5.07. The van der Waals surface area contributed by atoms with E-state index in [4.69, 9.17) is 14.2 Å². The van der Waals surface area contributed by atoms with Crippen LogP contribution in [0.15, 0.2) is 18.2 Å². The van der Waals surface area contributed by atoms with Crippen molar-refractivity contribution in [2.45, 2.75) is 32.7 Å². The minimum absolute atomic E-state index is 0.109. The Morgan fingerprint density at radius 1 is 1.09 bits per heavy atom. The Morgan fingerprint density at radius 3 is 2.05 bits per heavy atom. The maximum absolute atomic E-state index is 11.9. The zero-order chi connectivity index (χ0) is 16.5. The van der Waals surface area contributed by atoms with Gasteiger partial charge in [0, 0.05) is 12.1 Å². The van der Waals surface area contributed by atoms with Gasteiger partial charge in [-0.3, -0.25) is 4.79 Å². The van der Waals surface area contributed by atoms with E-state index in [-0.39, 0.29) is 11.9 Å². The average molecular weight is 307 g/mol. The van der Waals surface area contributed by atoms with Crippen LogP contribution >= 0.6 is 0 Å². The second kappa shape index (κ2) is 8.97. The largest absolute Gasteiger partial charge is 0.493 e. The minimum atomic E-state index is -0.109. The first-order chi connectivity index (χ1) is 10.6. The van der Waals surface area contributed by atoms with Crippen LogP contribution in [0.3, 0.4) is 0 Å². The number of carbonyl (C=O) groups excluding carboxylic acids is 1. The van der Waals surface area contributed by atoms with Crippen molar-refractivity contribution in [3.05, 3.63) is 23.8 Å². The molecule has 0 unspecified atom stereocenters. The molecule has 0 aliphatic rings. The summed E-state index contributed by atoms with van der Waals surface area (Å²) in [5, 5.41) is 2.95. The van der Waals surface area contributed by atoms with Gasteiger partial charge < -0.3 is 19.5 Å². The molecule has 0 bridgehead atoms. The molecule has 0 fully saturated rings. The molecule has 0 aromatic heterocycles. The van der Waals surface area contributed by atoms with Gasteiger partial charge in [-0.1, -0.05) is 13.8 Å². The first-order valence-electron chi connectivity index (χ1n) is 7.38. The normalized spacial score (nSPS) is 10.8. The van der Waals surface area contributed by atoms with Crippen molar-refractivity contribution in [2.75, 3.05) is 21.3 Å². The van der Waals surface area contributed by atoms with Crippen molar-refractivity contribution in [3.8, 4) is 17.2 Å². The molecule has 0 aliphatic carbocycles. The fourth-order valence-corrected chi connectivity index (χ4v) is 2.11. The highest BCUT2D eigenvalue weighted by Crippen LogP contribution is 2.38. The van der Waals surface area contributed by atoms with Gasteiger partial charge in [0.2, 0.25) is 11.7 Å². The van der Waals surface area contributed by atoms with Crippen LogP contribution in [0.1, 0.15) is 32.3 Å². The molecule has 122 valence electrons. The lowest BCUT2D eigenvalue weighted by Crippen LogP contribution is -2.32. The highest BCUT2D eigenvalue weighted by Gasteiger charge is 2.12. The summed E-state index contributed by atoms with van der Waals surface area (Å²) in [4.78, 5) is 11.9. The molecule has 0 heterocycles. The molecule has 1 N–H and O–H groups in total. The van der Waals surface area contributed by atoms with Crippen molar-refractivity contribution < 1.29 is 19.0 Å². The molecule has 0 aliphatic heterocycles. The molecule has 1 aromatic carbocycles. The summed E-state index contributed by atoms with van der Waals surface area (Å²) in [7, 11) is 4.67. The molecular weight excluding hydrogens is 282 g/mol. The Hall–Kier alpha value is -2.17. The van der Waals surface area contributed by atoms with E-state index in [1.807, 2.05) is 0 Å². The Bertz CT molecular complexity index is 496. The van der Waals surface area contributed by atoms with Crippen LogP contribution < -0.4 is 19.5 Å². The van der Waals surface area contributed by atoms with E-state index in [2.05, 4.69) is 19.2 Å². The van der Waals surface area contributed by atoms with Crippen molar-refractivity contribution in [1.29, 1.82) is 0 Å². The number of nitrogens with one attached hydrogen (secondary N) is 1. The number of carbonyl (C=O) groups is 1. The van der Waals surface area contributed by atoms with Gasteiger partial charge in [0.05, 0.1) is 21.3 Å². The second-order valence-electron chi connectivity index (χ2n) is 4.81. The van der Waals surface area contributed by atoms with Gasteiger partial charge in [-0.25, -0.2) is 0 Å². The molecule has 1 aromatic rings. The molecule has 0 radical (unpaired) electrons. The number of ether oxygens (including phenoxy) is 3. The standard InChI is InChI=1S/C17H25NO4/c1-6-13(7-2)18-16(19)9-8-12-10-14(20-3)17(22-5)15(11-12)21-4/h8-11,13H,6-7H2,1-5H3,(H,18,19)/b9-8+. The van der Waals surface area contributed by atoms with Crippen molar-refractivity contribution in [3.63, 3.8) is 0 Å². The van der Waals surface area contributed by atoms with Gasteiger partial charge >= 0.3 is 0 Å². The van der Waals surface area contributed by atoms with Crippen molar-refractivity contribution in [1.82, 2.24) is 5.32 Å². The SMILES string of the molecule is CCC(CC)NC(=O)/C=C/c1cc(OC)c(OC)c(OC)c1. The van der Waals surface area contributed by atoms with E-state index in [1.165, 1.54) is 6.08 Å². The number of methoxy groups -OCH3 is 3. The highest BCUT2D eigenvalue weighted by molar-refractivity contribution is 5.92. The lowest BCUT2D eigenvalue weighted by molar-refractivity contribution is -0.117. The predicted octanol–water partition coefficient (Wildman–Crippen LogP) is 3.03.